The van der Waals surface area contributed by atoms with Crippen LogP contribution >= 0.6 is 0 Å². The SMILES string of the molecule is Nc1cccc(CC(=O)Nc2ccc(O)cc2)c1. The number of carbonyl (C=O) groups excluding carboxylic acids is 1. The number of rotatable bonds is 3. The van der Waals surface area contributed by atoms with Crippen molar-refractivity contribution in [3.05, 3.63) is 54.1 Å². The van der Waals surface area contributed by atoms with Gasteiger partial charge in [-0.1, -0.05) is 12.1 Å². The molecule has 0 radical (unpaired) electrons. The highest BCUT2D eigenvalue weighted by Crippen LogP contribution is 2.14. The fourth-order valence-corrected chi connectivity index (χ4v) is 1.64. The number of nitrogens with two attached hydrogens (primary N) is 1. The summed E-state index contributed by atoms with van der Waals surface area (Å²) in [4.78, 5) is 11.8. The van der Waals surface area contributed by atoms with Crippen molar-refractivity contribution >= 4 is 17.3 Å². The molecular formula is C14H14N2O2. The van der Waals surface area contributed by atoms with Crippen LogP contribution < -0.4 is 11.1 Å². The Morgan fingerprint density at radius 2 is 1.89 bits per heavy atom. The molecule has 0 bridgehead atoms. The summed E-state index contributed by atoms with van der Waals surface area (Å²) < 4.78 is 0. The van der Waals surface area contributed by atoms with E-state index in [-0.39, 0.29) is 18.1 Å². The molecule has 0 atom stereocenters. The number of nitrogen functional groups attached to an aromatic ring is 1. The lowest BCUT2D eigenvalue weighted by atomic mass is 10.1. The third-order valence-electron chi connectivity index (χ3n) is 2.47. The number of phenolic OH excluding ortho intramolecular Hbond substituents is 1. The maximum atomic E-state index is 11.8. The zero-order valence-corrected chi connectivity index (χ0v) is 9.76. The molecule has 0 unspecified atom stereocenters. The molecule has 2 aromatic rings. The highest BCUT2D eigenvalue weighted by Gasteiger charge is 2.04. The van der Waals surface area contributed by atoms with Gasteiger partial charge in [-0.25, -0.2) is 0 Å². The van der Waals surface area contributed by atoms with Crippen LogP contribution in [-0.2, 0) is 11.2 Å². The molecule has 2 rings (SSSR count). The topological polar surface area (TPSA) is 75.4 Å². The van der Waals surface area contributed by atoms with Gasteiger partial charge in [0.1, 0.15) is 5.75 Å². The van der Waals surface area contributed by atoms with Crippen LogP contribution in [0.3, 0.4) is 0 Å². The number of carbonyl (C=O) groups is 1. The molecule has 0 fully saturated rings. The molecule has 2 aromatic carbocycles. The Bertz CT molecular complexity index is 550. The van der Waals surface area contributed by atoms with Gasteiger partial charge >= 0.3 is 0 Å². The molecule has 0 aliphatic rings. The van der Waals surface area contributed by atoms with E-state index in [0.717, 1.165) is 5.56 Å². The van der Waals surface area contributed by atoms with E-state index in [2.05, 4.69) is 5.32 Å². The Balaban J connectivity index is 1.98. The average molecular weight is 242 g/mol. The van der Waals surface area contributed by atoms with Gasteiger partial charge in [-0.15, -0.1) is 0 Å². The Labute approximate surface area is 105 Å². The van der Waals surface area contributed by atoms with Gasteiger partial charge in [0, 0.05) is 11.4 Å². The summed E-state index contributed by atoms with van der Waals surface area (Å²) in [6, 6.07) is 13.6. The molecule has 18 heavy (non-hydrogen) atoms. The van der Waals surface area contributed by atoms with Gasteiger partial charge in [-0.3, -0.25) is 4.79 Å². The van der Waals surface area contributed by atoms with E-state index in [1.54, 1.807) is 24.3 Å². The van der Waals surface area contributed by atoms with Crippen LogP contribution in [0.15, 0.2) is 48.5 Å². The van der Waals surface area contributed by atoms with Crippen LogP contribution in [0, 0.1) is 0 Å². The minimum absolute atomic E-state index is 0.119. The van der Waals surface area contributed by atoms with E-state index >= 15 is 0 Å². The number of nitrogens with one attached hydrogen (secondary N) is 1. The van der Waals surface area contributed by atoms with Crippen molar-refractivity contribution in [2.75, 3.05) is 11.1 Å². The Hall–Kier alpha value is -2.49. The van der Waals surface area contributed by atoms with Crippen LogP contribution in [0.5, 0.6) is 5.75 Å². The molecule has 4 nitrogen and oxygen atoms in total. The summed E-state index contributed by atoms with van der Waals surface area (Å²) in [7, 11) is 0. The van der Waals surface area contributed by atoms with Crippen molar-refractivity contribution in [2.45, 2.75) is 6.42 Å². The van der Waals surface area contributed by atoms with Gasteiger partial charge in [0.25, 0.3) is 0 Å². The Morgan fingerprint density at radius 1 is 1.17 bits per heavy atom. The third kappa shape index (κ3) is 3.25. The first-order valence-electron chi connectivity index (χ1n) is 5.57. The number of phenols is 1. The van der Waals surface area contributed by atoms with Crippen LogP contribution in [0.1, 0.15) is 5.56 Å². The van der Waals surface area contributed by atoms with Crippen molar-refractivity contribution in [3.8, 4) is 5.75 Å². The maximum Gasteiger partial charge on any atom is 0.228 e. The smallest absolute Gasteiger partial charge is 0.228 e. The van der Waals surface area contributed by atoms with E-state index in [4.69, 9.17) is 10.8 Å². The highest BCUT2D eigenvalue weighted by molar-refractivity contribution is 5.92. The van der Waals surface area contributed by atoms with Gasteiger partial charge in [-0.05, 0) is 42.0 Å². The lowest BCUT2D eigenvalue weighted by Gasteiger charge is -2.06. The van der Waals surface area contributed by atoms with Gasteiger partial charge in [0.05, 0.1) is 6.42 Å². The second-order valence-electron chi connectivity index (χ2n) is 4.02. The molecule has 0 saturated carbocycles. The number of hydrogen-bond donors (Lipinski definition) is 3. The fraction of sp³-hybridized carbons (Fsp3) is 0.0714. The molecule has 1 amide bonds. The van der Waals surface area contributed by atoms with E-state index in [1.807, 2.05) is 12.1 Å². The van der Waals surface area contributed by atoms with E-state index in [1.165, 1.54) is 12.1 Å². The lowest BCUT2D eigenvalue weighted by Crippen LogP contribution is -2.14. The van der Waals surface area contributed by atoms with Crippen molar-refractivity contribution in [1.82, 2.24) is 0 Å². The van der Waals surface area contributed by atoms with Crippen LogP contribution in [0.4, 0.5) is 11.4 Å². The van der Waals surface area contributed by atoms with Crippen LogP contribution in [0.25, 0.3) is 0 Å². The second kappa shape index (κ2) is 5.23. The van der Waals surface area contributed by atoms with Gasteiger partial charge in [0.15, 0.2) is 0 Å². The Morgan fingerprint density at radius 3 is 2.56 bits per heavy atom. The third-order valence-corrected chi connectivity index (χ3v) is 2.47. The molecule has 0 aliphatic carbocycles. The van der Waals surface area contributed by atoms with Crippen LogP contribution in [-0.4, -0.2) is 11.0 Å². The number of hydrogen-bond acceptors (Lipinski definition) is 3. The van der Waals surface area contributed by atoms with E-state index < -0.39 is 0 Å². The first kappa shape index (κ1) is 12.0. The predicted octanol–water partition coefficient (Wildman–Crippen LogP) is 2.16. The molecule has 0 aliphatic heterocycles. The van der Waals surface area contributed by atoms with Crippen LogP contribution in [0.2, 0.25) is 0 Å². The molecule has 4 N–H and O–H groups in total. The second-order valence-corrected chi connectivity index (χ2v) is 4.02. The number of benzene rings is 2. The quantitative estimate of drug-likeness (QED) is 0.570. The number of amides is 1. The summed E-state index contributed by atoms with van der Waals surface area (Å²) in [6.07, 6.45) is 0.270. The zero-order chi connectivity index (χ0) is 13.0. The molecular weight excluding hydrogens is 228 g/mol. The molecule has 0 heterocycles. The minimum Gasteiger partial charge on any atom is -0.508 e. The summed E-state index contributed by atoms with van der Waals surface area (Å²) in [6.45, 7) is 0. The largest absolute Gasteiger partial charge is 0.508 e. The lowest BCUT2D eigenvalue weighted by molar-refractivity contribution is -0.115. The van der Waals surface area contributed by atoms with E-state index in [9.17, 15) is 4.79 Å². The van der Waals surface area contributed by atoms with E-state index in [0.29, 0.717) is 11.4 Å². The Kier molecular flexibility index (Phi) is 3.48. The average Bonchev–Trinajstić information content (AvgIpc) is 2.32. The monoisotopic (exact) mass is 242 g/mol. The number of aromatic hydroxyl groups is 1. The number of anilines is 2. The van der Waals surface area contributed by atoms with Gasteiger partial charge < -0.3 is 16.2 Å². The summed E-state index contributed by atoms with van der Waals surface area (Å²) in [5.74, 6) is 0.0510. The van der Waals surface area contributed by atoms with Crippen molar-refractivity contribution in [1.29, 1.82) is 0 Å². The van der Waals surface area contributed by atoms with Crippen molar-refractivity contribution in [3.63, 3.8) is 0 Å². The molecule has 0 spiro atoms. The van der Waals surface area contributed by atoms with Crippen molar-refractivity contribution in [2.24, 2.45) is 0 Å². The fourth-order valence-electron chi connectivity index (χ4n) is 1.64. The molecule has 0 aromatic heterocycles. The zero-order valence-electron chi connectivity index (χ0n) is 9.76. The minimum atomic E-state index is -0.119. The van der Waals surface area contributed by atoms with Gasteiger partial charge in [0.2, 0.25) is 5.91 Å². The molecule has 92 valence electrons. The molecule has 0 saturated heterocycles. The summed E-state index contributed by atoms with van der Waals surface area (Å²) in [5.41, 5.74) is 7.81. The van der Waals surface area contributed by atoms with Gasteiger partial charge in [-0.2, -0.15) is 0 Å². The summed E-state index contributed by atoms with van der Waals surface area (Å²) >= 11 is 0. The van der Waals surface area contributed by atoms with Crippen molar-refractivity contribution < 1.29 is 9.90 Å². The predicted molar refractivity (Wildman–Crippen MR) is 71.3 cm³/mol. The normalized spacial score (nSPS) is 10.0. The highest BCUT2D eigenvalue weighted by atomic mass is 16.3. The first-order valence-corrected chi connectivity index (χ1v) is 5.57. The standard InChI is InChI=1S/C14H14N2O2/c15-11-3-1-2-10(8-11)9-14(18)16-12-4-6-13(17)7-5-12/h1-8,17H,9,15H2,(H,16,18). The summed E-state index contributed by atoms with van der Waals surface area (Å²) in [5, 5.41) is 11.9. The maximum absolute atomic E-state index is 11.8. The molecule has 4 heteroatoms. The first-order chi connectivity index (χ1) is 8.63.